The standard InChI is InChI=1S/C26H27FN4O2/c27-21-12-5-4-11-20(21)24-23(25(32)28-19-9-6-10-19)22(17-18-7-2-1-3-8-18)29-26(30-24)31-13-15-33-16-14-31/h1-5,7-8,11-12,19H,6,9-10,13-17H2,(H,28,32). The summed E-state index contributed by atoms with van der Waals surface area (Å²) in [6, 6.07) is 16.5. The number of amides is 1. The van der Waals surface area contributed by atoms with Crippen LogP contribution in [0.4, 0.5) is 10.3 Å². The molecular formula is C26H27FN4O2. The maximum absolute atomic E-state index is 15.0. The second-order valence-corrected chi connectivity index (χ2v) is 8.54. The number of hydrogen-bond donors (Lipinski definition) is 1. The van der Waals surface area contributed by atoms with Crippen LogP contribution in [0.3, 0.4) is 0 Å². The molecule has 1 aromatic heterocycles. The Hall–Kier alpha value is -3.32. The summed E-state index contributed by atoms with van der Waals surface area (Å²) >= 11 is 0. The maximum atomic E-state index is 15.0. The molecule has 0 radical (unpaired) electrons. The number of morpholine rings is 1. The number of nitrogens with zero attached hydrogens (tertiary/aromatic N) is 3. The average Bonchev–Trinajstić information content (AvgIpc) is 2.82. The highest BCUT2D eigenvalue weighted by Gasteiger charge is 2.28. The number of nitrogens with one attached hydrogen (secondary N) is 1. The number of hydrogen-bond acceptors (Lipinski definition) is 5. The van der Waals surface area contributed by atoms with Crippen molar-refractivity contribution in [2.75, 3.05) is 31.2 Å². The van der Waals surface area contributed by atoms with Gasteiger partial charge in [0.1, 0.15) is 5.82 Å². The lowest BCUT2D eigenvalue weighted by Crippen LogP contribution is -2.41. The number of carbonyl (C=O) groups excluding carboxylic acids is 1. The third-order valence-electron chi connectivity index (χ3n) is 6.28. The minimum atomic E-state index is -0.410. The molecule has 1 saturated carbocycles. The SMILES string of the molecule is O=C(NC1CCC1)c1c(Cc2ccccc2)nc(N2CCOCC2)nc1-c1ccccc1F. The lowest BCUT2D eigenvalue weighted by atomic mass is 9.92. The lowest BCUT2D eigenvalue weighted by Gasteiger charge is -2.29. The topological polar surface area (TPSA) is 67.4 Å². The quantitative estimate of drug-likeness (QED) is 0.620. The van der Waals surface area contributed by atoms with E-state index in [1.54, 1.807) is 18.2 Å². The van der Waals surface area contributed by atoms with Crippen LogP contribution in [0.5, 0.6) is 0 Å². The number of benzene rings is 2. The van der Waals surface area contributed by atoms with Crippen LogP contribution < -0.4 is 10.2 Å². The Bertz CT molecular complexity index is 1130. The van der Waals surface area contributed by atoms with E-state index in [0.717, 1.165) is 24.8 Å². The first-order valence-electron chi connectivity index (χ1n) is 11.5. The number of carbonyl (C=O) groups is 1. The molecule has 0 spiro atoms. The number of halogens is 1. The number of anilines is 1. The Morgan fingerprint density at radius 3 is 2.45 bits per heavy atom. The molecule has 1 aliphatic heterocycles. The van der Waals surface area contributed by atoms with Crippen molar-refractivity contribution in [2.24, 2.45) is 0 Å². The molecule has 1 N–H and O–H groups in total. The molecule has 7 heteroatoms. The Labute approximate surface area is 192 Å². The van der Waals surface area contributed by atoms with Gasteiger partial charge in [-0.1, -0.05) is 42.5 Å². The van der Waals surface area contributed by atoms with Crippen LogP contribution in [0.2, 0.25) is 0 Å². The first-order chi connectivity index (χ1) is 16.2. The van der Waals surface area contributed by atoms with Crippen molar-refractivity contribution in [3.8, 4) is 11.3 Å². The normalized spacial score (nSPS) is 16.3. The minimum Gasteiger partial charge on any atom is -0.378 e. The number of ether oxygens (including phenoxy) is 1. The van der Waals surface area contributed by atoms with E-state index in [1.165, 1.54) is 6.07 Å². The van der Waals surface area contributed by atoms with E-state index in [4.69, 9.17) is 14.7 Å². The first kappa shape index (κ1) is 21.5. The van der Waals surface area contributed by atoms with Gasteiger partial charge in [-0.15, -0.1) is 0 Å². The molecule has 2 aromatic carbocycles. The molecule has 6 nitrogen and oxygen atoms in total. The highest BCUT2D eigenvalue weighted by Crippen LogP contribution is 2.30. The molecule has 5 rings (SSSR count). The van der Waals surface area contributed by atoms with Gasteiger partial charge in [0.2, 0.25) is 5.95 Å². The summed E-state index contributed by atoms with van der Waals surface area (Å²) in [5.74, 6) is -0.146. The van der Waals surface area contributed by atoms with Gasteiger partial charge < -0.3 is 15.0 Å². The van der Waals surface area contributed by atoms with E-state index in [2.05, 4.69) is 5.32 Å². The largest absolute Gasteiger partial charge is 0.378 e. The molecule has 33 heavy (non-hydrogen) atoms. The highest BCUT2D eigenvalue weighted by atomic mass is 19.1. The van der Waals surface area contributed by atoms with E-state index >= 15 is 0 Å². The molecule has 170 valence electrons. The van der Waals surface area contributed by atoms with Gasteiger partial charge in [0.05, 0.1) is 30.2 Å². The second kappa shape index (κ2) is 9.67. The van der Waals surface area contributed by atoms with Crippen LogP contribution in [0.15, 0.2) is 54.6 Å². The van der Waals surface area contributed by atoms with Crippen molar-refractivity contribution in [3.63, 3.8) is 0 Å². The van der Waals surface area contributed by atoms with Gasteiger partial charge in [0.15, 0.2) is 0 Å². The van der Waals surface area contributed by atoms with Crippen LogP contribution >= 0.6 is 0 Å². The Morgan fingerprint density at radius 1 is 1.03 bits per heavy atom. The van der Waals surface area contributed by atoms with Crippen LogP contribution in [0, 0.1) is 5.82 Å². The third kappa shape index (κ3) is 4.73. The average molecular weight is 447 g/mol. The smallest absolute Gasteiger partial charge is 0.255 e. The summed E-state index contributed by atoms with van der Waals surface area (Å²) in [6.45, 7) is 2.46. The summed E-state index contributed by atoms with van der Waals surface area (Å²) in [5.41, 5.74) is 2.64. The molecule has 2 heterocycles. The van der Waals surface area contributed by atoms with E-state index in [9.17, 15) is 9.18 Å². The molecule has 0 unspecified atom stereocenters. The predicted molar refractivity (Wildman–Crippen MR) is 125 cm³/mol. The van der Waals surface area contributed by atoms with Gasteiger partial charge in [-0.05, 0) is 37.0 Å². The van der Waals surface area contributed by atoms with Gasteiger partial charge in [-0.3, -0.25) is 4.79 Å². The minimum absolute atomic E-state index is 0.148. The van der Waals surface area contributed by atoms with Crippen LogP contribution in [-0.2, 0) is 11.2 Å². The van der Waals surface area contributed by atoms with E-state index < -0.39 is 5.82 Å². The fourth-order valence-electron chi connectivity index (χ4n) is 4.21. The molecule has 2 fully saturated rings. The Kier molecular flexibility index (Phi) is 6.30. The van der Waals surface area contributed by atoms with Crippen molar-refractivity contribution in [1.29, 1.82) is 0 Å². The van der Waals surface area contributed by atoms with Gasteiger partial charge in [0.25, 0.3) is 5.91 Å². The zero-order chi connectivity index (χ0) is 22.6. The van der Waals surface area contributed by atoms with Crippen molar-refractivity contribution < 1.29 is 13.9 Å². The fraction of sp³-hybridized carbons (Fsp3) is 0.346. The summed E-state index contributed by atoms with van der Waals surface area (Å²) in [6.07, 6.45) is 3.48. The third-order valence-corrected chi connectivity index (χ3v) is 6.28. The molecule has 2 aliphatic rings. The molecule has 0 bridgehead atoms. The summed E-state index contributed by atoms with van der Waals surface area (Å²) in [7, 11) is 0. The first-order valence-corrected chi connectivity index (χ1v) is 11.5. The van der Waals surface area contributed by atoms with Crippen molar-refractivity contribution >= 4 is 11.9 Å². The zero-order valence-corrected chi connectivity index (χ0v) is 18.5. The highest BCUT2D eigenvalue weighted by molar-refractivity contribution is 6.01. The van der Waals surface area contributed by atoms with Crippen molar-refractivity contribution in [1.82, 2.24) is 15.3 Å². The zero-order valence-electron chi connectivity index (χ0n) is 18.5. The maximum Gasteiger partial charge on any atom is 0.255 e. The predicted octanol–water partition coefficient (Wildman–Crippen LogP) is 3.99. The Morgan fingerprint density at radius 2 is 1.76 bits per heavy atom. The molecule has 1 amide bonds. The number of rotatable bonds is 6. The molecule has 0 atom stereocenters. The summed E-state index contributed by atoms with van der Waals surface area (Å²) in [4.78, 5) is 25.2. The van der Waals surface area contributed by atoms with E-state index in [1.807, 2.05) is 35.2 Å². The van der Waals surface area contributed by atoms with E-state index in [0.29, 0.717) is 61.2 Å². The van der Waals surface area contributed by atoms with Gasteiger partial charge in [-0.2, -0.15) is 0 Å². The monoisotopic (exact) mass is 446 g/mol. The summed E-state index contributed by atoms with van der Waals surface area (Å²) < 4.78 is 20.4. The van der Waals surface area contributed by atoms with Crippen molar-refractivity contribution in [3.05, 3.63) is 77.2 Å². The second-order valence-electron chi connectivity index (χ2n) is 8.54. The summed E-state index contributed by atoms with van der Waals surface area (Å²) in [5, 5.41) is 3.11. The molecule has 1 aliphatic carbocycles. The van der Waals surface area contributed by atoms with Crippen LogP contribution in [-0.4, -0.2) is 48.2 Å². The van der Waals surface area contributed by atoms with Gasteiger partial charge >= 0.3 is 0 Å². The van der Waals surface area contributed by atoms with Crippen LogP contribution in [0.25, 0.3) is 11.3 Å². The molecular weight excluding hydrogens is 419 g/mol. The molecule has 1 saturated heterocycles. The number of aromatic nitrogens is 2. The van der Waals surface area contributed by atoms with Crippen LogP contribution in [0.1, 0.15) is 40.9 Å². The van der Waals surface area contributed by atoms with Crippen molar-refractivity contribution in [2.45, 2.75) is 31.7 Å². The lowest BCUT2D eigenvalue weighted by molar-refractivity contribution is 0.0916. The Balaban J connectivity index is 1.66. The van der Waals surface area contributed by atoms with E-state index in [-0.39, 0.29) is 11.9 Å². The fourth-order valence-corrected chi connectivity index (χ4v) is 4.21. The van der Waals surface area contributed by atoms with Gasteiger partial charge in [-0.25, -0.2) is 14.4 Å². The molecule has 3 aromatic rings. The van der Waals surface area contributed by atoms with Gasteiger partial charge in [0, 0.05) is 31.1 Å².